The molecule has 0 saturated carbocycles. The molecule has 0 aromatic carbocycles. The Bertz CT molecular complexity index is 317. The highest BCUT2D eigenvalue weighted by atomic mass is 35.5. The van der Waals surface area contributed by atoms with Crippen LogP contribution in [0.15, 0.2) is 12.4 Å². The molecule has 1 aromatic heterocycles. The van der Waals surface area contributed by atoms with Crippen LogP contribution < -0.4 is 4.90 Å². The summed E-state index contributed by atoms with van der Waals surface area (Å²) < 4.78 is 0. The van der Waals surface area contributed by atoms with Crippen LogP contribution in [-0.4, -0.2) is 48.6 Å². The van der Waals surface area contributed by atoms with Gasteiger partial charge >= 0.3 is 0 Å². The second-order valence-electron chi connectivity index (χ2n) is 3.94. The fourth-order valence-corrected chi connectivity index (χ4v) is 1.64. The van der Waals surface area contributed by atoms with Gasteiger partial charge in [-0.1, -0.05) is 11.6 Å². The number of hydrogen-bond acceptors (Lipinski definition) is 4. The van der Waals surface area contributed by atoms with E-state index in [0.29, 0.717) is 5.15 Å². The first-order valence-electron chi connectivity index (χ1n) is 5.50. The van der Waals surface area contributed by atoms with E-state index in [0.717, 1.165) is 31.9 Å². The predicted octanol–water partition coefficient (Wildman–Crippen LogP) is 1.91. The van der Waals surface area contributed by atoms with Gasteiger partial charge in [-0.2, -0.15) is 0 Å². The van der Waals surface area contributed by atoms with Crippen molar-refractivity contribution in [2.45, 2.75) is 13.3 Å². The second kappa shape index (κ2) is 6.66. The molecular weight excluding hydrogens is 224 g/mol. The lowest BCUT2D eigenvalue weighted by Crippen LogP contribution is -2.27. The molecule has 1 aromatic rings. The topological polar surface area (TPSA) is 32.3 Å². The maximum absolute atomic E-state index is 5.82. The number of rotatable bonds is 6. The van der Waals surface area contributed by atoms with Gasteiger partial charge in [-0.05, 0) is 34.0 Å². The van der Waals surface area contributed by atoms with Crippen LogP contribution in [0.1, 0.15) is 13.3 Å². The van der Waals surface area contributed by atoms with Crippen molar-refractivity contribution in [3.05, 3.63) is 17.5 Å². The quantitative estimate of drug-likeness (QED) is 0.763. The Labute approximate surface area is 102 Å². The van der Waals surface area contributed by atoms with E-state index < -0.39 is 0 Å². The number of aromatic nitrogens is 2. The average molecular weight is 243 g/mol. The van der Waals surface area contributed by atoms with E-state index in [-0.39, 0.29) is 0 Å². The smallest absolute Gasteiger partial charge is 0.149 e. The Kier molecular flexibility index (Phi) is 5.49. The van der Waals surface area contributed by atoms with Crippen molar-refractivity contribution in [1.29, 1.82) is 0 Å². The predicted molar refractivity (Wildman–Crippen MR) is 68.1 cm³/mol. The van der Waals surface area contributed by atoms with Crippen molar-refractivity contribution in [2.75, 3.05) is 38.6 Å². The van der Waals surface area contributed by atoms with E-state index in [2.05, 4.69) is 40.8 Å². The van der Waals surface area contributed by atoms with Gasteiger partial charge < -0.3 is 9.80 Å². The van der Waals surface area contributed by atoms with E-state index in [1.165, 1.54) is 0 Å². The fourth-order valence-electron chi connectivity index (χ4n) is 1.50. The average Bonchev–Trinajstić information content (AvgIpc) is 2.24. The third kappa shape index (κ3) is 4.33. The molecule has 5 heteroatoms. The molecule has 16 heavy (non-hydrogen) atoms. The highest BCUT2D eigenvalue weighted by Crippen LogP contribution is 2.12. The summed E-state index contributed by atoms with van der Waals surface area (Å²) in [6.07, 6.45) is 4.42. The van der Waals surface area contributed by atoms with E-state index >= 15 is 0 Å². The Balaban J connectivity index is 2.53. The Morgan fingerprint density at radius 1 is 1.25 bits per heavy atom. The highest BCUT2D eigenvalue weighted by molar-refractivity contribution is 6.29. The molecule has 0 amide bonds. The molecular formula is C11H19ClN4. The Hall–Kier alpha value is -0.870. The zero-order valence-electron chi connectivity index (χ0n) is 10.1. The second-order valence-corrected chi connectivity index (χ2v) is 4.32. The van der Waals surface area contributed by atoms with Gasteiger partial charge in [0.15, 0.2) is 0 Å². The van der Waals surface area contributed by atoms with Gasteiger partial charge in [0.2, 0.25) is 0 Å². The van der Waals surface area contributed by atoms with Crippen LogP contribution in [0.2, 0.25) is 5.15 Å². The Morgan fingerprint density at radius 3 is 2.56 bits per heavy atom. The van der Waals surface area contributed by atoms with E-state index in [1.54, 1.807) is 12.4 Å². The summed E-state index contributed by atoms with van der Waals surface area (Å²) in [4.78, 5) is 12.7. The van der Waals surface area contributed by atoms with E-state index in [1.807, 2.05) is 0 Å². The standard InChI is InChI=1S/C11H19ClN4/c1-4-16(7-5-6-15(2)3)11-9-13-8-10(12)14-11/h8-9H,4-7H2,1-3H3. The lowest BCUT2D eigenvalue weighted by atomic mass is 10.3. The zero-order valence-corrected chi connectivity index (χ0v) is 10.9. The number of halogens is 1. The first kappa shape index (κ1) is 13.2. The lowest BCUT2D eigenvalue weighted by Gasteiger charge is -2.22. The van der Waals surface area contributed by atoms with Gasteiger partial charge in [-0.25, -0.2) is 4.98 Å². The van der Waals surface area contributed by atoms with Crippen LogP contribution in [0.4, 0.5) is 5.82 Å². The molecule has 0 fully saturated rings. The minimum atomic E-state index is 0.448. The molecule has 0 radical (unpaired) electrons. The van der Waals surface area contributed by atoms with E-state index in [4.69, 9.17) is 11.6 Å². The van der Waals surface area contributed by atoms with Gasteiger partial charge in [0, 0.05) is 13.1 Å². The van der Waals surface area contributed by atoms with Gasteiger partial charge in [0.05, 0.1) is 12.4 Å². The summed E-state index contributed by atoms with van der Waals surface area (Å²) in [6.45, 7) is 5.08. The van der Waals surface area contributed by atoms with Crippen molar-refractivity contribution < 1.29 is 0 Å². The first-order valence-corrected chi connectivity index (χ1v) is 5.88. The molecule has 0 atom stereocenters. The maximum atomic E-state index is 5.82. The molecule has 0 bridgehead atoms. The molecule has 0 aliphatic heterocycles. The summed E-state index contributed by atoms with van der Waals surface area (Å²) in [5.74, 6) is 0.855. The maximum Gasteiger partial charge on any atom is 0.149 e. The number of anilines is 1. The molecule has 90 valence electrons. The van der Waals surface area contributed by atoms with Crippen molar-refractivity contribution in [2.24, 2.45) is 0 Å². The lowest BCUT2D eigenvalue weighted by molar-refractivity contribution is 0.400. The summed E-state index contributed by atoms with van der Waals surface area (Å²) in [5.41, 5.74) is 0. The monoisotopic (exact) mass is 242 g/mol. The number of nitrogens with zero attached hydrogens (tertiary/aromatic N) is 4. The third-order valence-corrected chi connectivity index (χ3v) is 2.51. The van der Waals surface area contributed by atoms with Crippen LogP contribution >= 0.6 is 11.6 Å². The minimum absolute atomic E-state index is 0.448. The third-order valence-electron chi connectivity index (χ3n) is 2.33. The summed E-state index contributed by atoms with van der Waals surface area (Å²) in [6, 6.07) is 0. The van der Waals surface area contributed by atoms with Gasteiger partial charge in [-0.3, -0.25) is 4.98 Å². The summed E-state index contributed by atoms with van der Waals surface area (Å²) in [7, 11) is 4.16. The molecule has 0 spiro atoms. The van der Waals surface area contributed by atoms with Gasteiger partial charge in [0.1, 0.15) is 11.0 Å². The van der Waals surface area contributed by atoms with Crippen molar-refractivity contribution in [1.82, 2.24) is 14.9 Å². The molecule has 1 rings (SSSR count). The van der Waals surface area contributed by atoms with Gasteiger partial charge in [0.25, 0.3) is 0 Å². The molecule has 1 heterocycles. The molecule has 0 N–H and O–H groups in total. The first-order chi connectivity index (χ1) is 7.63. The Morgan fingerprint density at radius 2 is 2.00 bits per heavy atom. The van der Waals surface area contributed by atoms with Crippen molar-refractivity contribution in [3.63, 3.8) is 0 Å². The molecule has 0 aliphatic rings. The molecule has 0 saturated heterocycles. The summed E-state index contributed by atoms with van der Waals surface area (Å²) >= 11 is 5.82. The zero-order chi connectivity index (χ0) is 12.0. The molecule has 4 nitrogen and oxygen atoms in total. The summed E-state index contributed by atoms with van der Waals surface area (Å²) in [5, 5.41) is 0.448. The molecule has 0 unspecified atom stereocenters. The van der Waals surface area contributed by atoms with E-state index in [9.17, 15) is 0 Å². The van der Waals surface area contributed by atoms with Crippen LogP contribution in [0.3, 0.4) is 0 Å². The minimum Gasteiger partial charge on any atom is -0.356 e. The van der Waals surface area contributed by atoms with Gasteiger partial charge in [-0.15, -0.1) is 0 Å². The SMILES string of the molecule is CCN(CCCN(C)C)c1cncc(Cl)n1. The highest BCUT2D eigenvalue weighted by Gasteiger charge is 2.06. The van der Waals surface area contributed by atoms with Crippen molar-refractivity contribution >= 4 is 17.4 Å². The van der Waals surface area contributed by atoms with Crippen LogP contribution in [0.25, 0.3) is 0 Å². The fraction of sp³-hybridized carbons (Fsp3) is 0.636. The molecule has 0 aliphatic carbocycles. The normalized spacial score (nSPS) is 10.8. The van der Waals surface area contributed by atoms with Crippen LogP contribution in [0, 0.1) is 0 Å². The number of hydrogen-bond donors (Lipinski definition) is 0. The van der Waals surface area contributed by atoms with Crippen LogP contribution in [-0.2, 0) is 0 Å². The van der Waals surface area contributed by atoms with Crippen molar-refractivity contribution in [3.8, 4) is 0 Å². The largest absolute Gasteiger partial charge is 0.356 e. The van der Waals surface area contributed by atoms with Crippen LogP contribution in [0.5, 0.6) is 0 Å².